The Balaban J connectivity index is 2.03. The third kappa shape index (κ3) is 4.50. The molecule has 0 saturated carbocycles. The van der Waals surface area contributed by atoms with Crippen molar-refractivity contribution in [2.75, 3.05) is 0 Å². The van der Waals surface area contributed by atoms with Crippen molar-refractivity contribution < 1.29 is 23.2 Å². The maximum atomic E-state index is 14.6. The summed E-state index contributed by atoms with van der Waals surface area (Å²) in [4.78, 5) is 12.3. The first-order valence-corrected chi connectivity index (χ1v) is 8.40. The van der Waals surface area contributed by atoms with Crippen LogP contribution in [0.3, 0.4) is 0 Å². The molecule has 0 aliphatic carbocycles. The van der Waals surface area contributed by atoms with Gasteiger partial charge in [0.15, 0.2) is 0 Å². The predicted octanol–water partition coefficient (Wildman–Crippen LogP) is 4.24. The Morgan fingerprint density at radius 1 is 1.16 bits per heavy atom. The second kappa shape index (κ2) is 6.92. The molecule has 0 bridgehead atoms. The molecule has 0 aromatic heterocycles. The molecule has 0 spiro atoms. The van der Waals surface area contributed by atoms with E-state index in [9.17, 15) is 9.18 Å². The van der Waals surface area contributed by atoms with E-state index in [4.69, 9.17) is 14.0 Å². The van der Waals surface area contributed by atoms with Gasteiger partial charge in [-0.25, -0.2) is 4.39 Å². The number of carbonyl (C=O) groups is 1. The second-order valence-corrected chi connectivity index (χ2v) is 7.90. The highest BCUT2D eigenvalue weighted by Crippen LogP contribution is 2.39. The molecule has 1 aromatic carbocycles. The van der Waals surface area contributed by atoms with E-state index in [0.717, 1.165) is 5.56 Å². The molecule has 136 valence electrons. The number of hydrogen-bond acceptors (Lipinski definition) is 4. The summed E-state index contributed by atoms with van der Waals surface area (Å²) in [6.07, 6.45) is 1.21. The number of carbonyl (C=O) groups excluding carboxylic acids is 1. The number of benzene rings is 1. The lowest BCUT2D eigenvalue weighted by Crippen LogP contribution is -2.41. The van der Waals surface area contributed by atoms with Crippen LogP contribution in [-0.4, -0.2) is 24.3 Å². The third-order valence-electron chi connectivity index (χ3n) is 4.72. The van der Waals surface area contributed by atoms with E-state index in [1.807, 2.05) is 58.0 Å². The molecule has 6 heteroatoms. The molecule has 0 atom stereocenters. The smallest absolute Gasteiger partial charge is 0.460 e. The fourth-order valence-electron chi connectivity index (χ4n) is 2.34. The summed E-state index contributed by atoms with van der Waals surface area (Å²) in [5.41, 5.74) is -2.16. The van der Waals surface area contributed by atoms with Gasteiger partial charge in [0.1, 0.15) is 12.3 Å². The first-order chi connectivity index (χ1) is 11.4. The van der Waals surface area contributed by atoms with Gasteiger partial charge >= 0.3 is 13.1 Å². The summed E-state index contributed by atoms with van der Waals surface area (Å²) in [5.74, 6) is -0.511. The summed E-state index contributed by atoms with van der Waals surface area (Å²) in [5, 5.41) is 0. The van der Waals surface area contributed by atoms with Gasteiger partial charge in [-0.05, 0) is 53.2 Å². The summed E-state index contributed by atoms with van der Waals surface area (Å²) >= 11 is 0. The lowest BCUT2D eigenvalue weighted by Gasteiger charge is -2.32. The summed E-state index contributed by atoms with van der Waals surface area (Å²) in [6.45, 7) is 10.7. The molecule has 1 aliphatic heterocycles. The van der Waals surface area contributed by atoms with Crippen molar-refractivity contribution in [1.29, 1.82) is 0 Å². The SMILES string of the molecule is CC(C)(C=C(F)B1OC(C)(C)C(C)(C)O1)C(=O)OCc1ccccc1. The minimum Gasteiger partial charge on any atom is -0.460 e. The lowest BCUT2D eigenvalue weighted by molar-refractivity contribution is -0.152. The van der Waals surface area contributed by atoms with Crippen molar-refractivity contribution >= 4 is 13.1 Å². The average Bonchev–Trinajstić information content (AvgIpc) is 2.74. The molecule has 1 aliphatic rings. The van der Waals surface area contributed by atoms with Gasteiger partial charge in [-0.1, -0.05) is 30.3 Å². The Bertz CT molecular complexity index is 637. The van der Waals surface area contributed by atoms with Crippen LogP contribution in [0.2, 0.25) is 0 Å². The maximum Gasteiger partial charge on any atom is 0.524 e. The maximum absolute atomic E-state index is 14.6. The van der Waals surface area contributed by atoms with E-state index in [0.29, 0.717) is 0 Å². The van der Waals surface area contributed by atoms with Crippen molar-refractivity contribution in [1.82, 2.24) is 0 Å². The van der Waals surface area contributed by atoms with Gasteiger partial charge in [-0.3, -0.25) is 4.79 Å². The van der Waals surface area contributed by atoms with Crippen LogP contribution < -0.4 is 0 Å². The second-order valence-electron chi connectivity index (χ2n) is 7.90. The average molecular weight is 348 g/mol. The molecule has 2 rings (SSSR count). The standard InChI is InChI=1S/C19H26BFO4/c1-17(2,16(22)23-13-14-10-8-7-9-11-14)12-15(21)20-24-18(3,4)19(5,6)25-20/h7-12H,13H2,1-6H3. The van der Waals surface area contributed by atoms with Crippen LogP contribution in [0.1, 0.15) is 47.1 Å². The highest BCUT2D eigenvalue weighted by Gasteiger charge is 2.53. The first-order valence-electron chi connectivity index (χ1n) is 8.40. The van der Waals surface area contributed by atoms with E-state index in [-0.39, 0.29) is 6.61 Å². The molecule has 25 heavy (non-hydrogen) atoms. The molecule has 0 radical (unpaired) electrons. The zero-order chi connectivity index (χ0) is 18.9. The fraction of sp³-hybridized carbons (Fsp3) is 0.526. The van der Waals surface area contributed by atoms with Gasteiger partial charge in [-0.15, -0.1) is 0 Å². The Morgan fingerprint density at radius 2 is 1.68 bits per heavy atom. The molecule has 1 fully saturated rings. The Hall–Kier alpha value is -1.66. The summed E-state index contributed by atoms with van der Waals surface area (Å²) in [6, 6.07) is 9.35. The van der Waals surface area contributed by atoms with Crippen LogP contribution in [-0.2, 0) is 25.4 Å². The molecule has 1 aromatic rings. The number of esters is 1. The van der Waals surface area contributed by atoms with Crippen LogP contribution in [0.5, 0.6) is 0 Å². The van der Waals surface area contributed by atoms with Crippen molar-refractivity contribution in [2.45, 2.75) is 59.4 Å². The molecular weight excluding hydrogens is 322 g/mol. The summed E-state index contributed by atoms with van der Waals surface area (Å²) < 4.78 is 31.2. The van der Waals surface area contributed by atoms with Crippen LogP contribution in [0.15, 0.2) is 42.1 Å². The van der Waals surface area contributed by atoms with Crippen LogP contribution in [0, 0.1) is 5.41 Å². The highest BCUT2D eigenvalue weighted by atomic mass is 19.1. The van der Waals surface area contributed by atoms with Crippen molar-refractivity contribution in [2.24, 2.45) is 5.41 Å². The first kappa shape index (κ1) is 19.7. The number of hydrogen-bond donors (Lipinski definition) is 0. The molecule has 1 heterocycles. The van der Waals surface area contributed by atoms with Crippen molar-refractivity contribution in [3.63, 3.8) is 0 Å². The van der Waals surface area contributed by atoms with Gasteiger partial charge < -0.3 is 14.0 Å². The van der Waals surface area contributed by atoms with Crippen molar-refractivity contribution in [3.8, 4) is 0 Å². The molecule has 1 saturated heterocycles. The predicted molar refractivity (Wildman–Crippen MR) is 95.3 cm³/mol. The quantitative estimate of drug-likeness (QED) is 0.590. The lowest BCUT2D eigenvalue weighted by atomic mass is 9.81. The summed E-state index contributed by atoms with van der Waals surface area (Å²) in [7, 11) is -1.12. The Kier molecular flexibility index (Phi) is 5.45. The van der Waals surface area contributed by atoms with Gasteiger partial charge in [0.05, 0.1) is 16.6 Å². The monoisotopic (exact) mass is 348 g/mol. The van der Waals surface area contributed by atoms with Crippen LogP contribution >= 0.6 is 0 Å². The topological polar surface area (TPSA) is 44.8 Å². The minimum atomic E-state index is -1.14. The molecule has 4 nitrogen and oxygen atoms in total. The number of ether oxygens (including phenoxy) is 1. The largest absolute Gasteiger partial charge is 0.524 e. The van der Waals surface area contributed by atoms with Gasteiger partial charge in [0.25, 0.3) is 0 Å². The molecule has 0 amide bonds. The molecular formula is C19H26BFO4. The van der Waals surface area contributed by atoms with E-state index >= 15 is 0 Å². The normalized spacial score (nSPS) is 19.8. The Morgan fingerprint density at radius 3 is 2.20 bits per heavy atom. The van der Waals surface area contributed by atoms with E-state index in [1.165, 1.54) is 6.08 Å². The van der Waals surface area contributed by atoms with E-state index < -0.39 is 35.4 Å². The Labute approximate surface area is 149 Å². The fourth-order valence-corrected chi connectivity index (χ4v) is 2.34. The zero-order valence-electron chi connectivity index (χ0n) is 15.8. The minimum absolute atomic E-state index is 0.148. The third-order valence-corrected chi connectivity index (χ3v) is 4.72. The molecule has 0 N–H and O–H groups in total. The number of rotatable bonds is 5. The van der Waals surface area contributed by atoms with Crippen molar-refractivity contribution in [3.05, 3.63) is 47.7 Å². The highest BCUT2D eigenvalue weighted by molar-refractivity contribution is 6.53. The zero-order valence-corrected chi connectivity index (χ0v) is 15.8. The van der Waals surface area contributed by atoms with Crippen LogP contribution in [0.25, 0.3) is 0 Å². The van der Waals surface area contributed by atoms with Gasteiger partial charge in [-0.2, -0.15) is 0 Å². The van der Waals surface area contributed by atoms with Gasteiger partial charge in [0, 0.05) is 0 Å². The molecule has 0 unspecified atom stereocenters. The van der Waals surface area contributed by atoms with Gasteiger partial charge in [0.2, 0.25) is 0 Å². The van der Waals surface area contributed by atoms with E-state index in [2.05, 4.69) is 0 Å². The van der Waals surface area contributed by atoms with Crippen LogP contribution in [0.4, 0.5) is 4.39 Å². The van der Waals surface area contributed by atoms with E-state index in [1.54, 1.807) is 13.8 Å². The number of halogens is 1.